The van der Waals surface area contributed by atoms with Gasteiger partial charge in [-0.1, -0.05) is 0 Å². The molecule has 0 aromatic carbocycles. The van der Waals surface area contributed by atoms with Crippen LogP contribution in [0.5, 0.6) is 5.75 Å². The summed E-state index contributed by atoms with van der Waals surface area (Å²) in [7, 11) is 1.67. The van der Waals surface area contributed by atoms with Gasteiger partial charge in [-0.25, -0.2) is 0 Å². The van der Waals surface area contributed by atoms with Crippen LogP contribution in [0.4, 0.5) is 0 Å². The number of nitrogens with one attached hydrogen (secondary N) is 1. The summed E-state index contributed by atoms with van der Waals surface area (Å²) < 4.78 is 5.37. The first-order chi connectivity index (χ1) is 8.13. The maximum absolute atomic E-state index is 11.5. The highest BCUT2D eigenvalue weighted by molar-refractivity contribution is 5.80. The van der Waals surface area contributed by atoms with E-state index in [1.165, 1.54) is 0 Å². The third kappa shape index (κ3) is 2.25. The number of amides is 1. The Morgan fingerprint density at radius 2 is 2.29 bits per heavy atom. The predicted octanol–water partition coefficient (Wildman–Crippen LogP) is 1.39. The topological polar surface area (TPSA) is 51.2 Å². The third-order valence-corrected chi connectivity index (χ3v) is 3.35. The second-order valence-electron chi connectivity index (χ2n) is 4.53. The van der Waals surface area contributed by atoms with Gasteiger partial charge in [-0.2, -0.15) is 0 Å². The third-order valence-electron chi connectivity index (χ3n) is 3.35. The molecule has 1 unspecified atom stereocenters. The summed E-state index contributed by atoms with van der Waals surface area (Å²) in [5.74, 6) is 1.09. The number of ether oxygens (including phenoxy) is 1. The average molecular weight is 234 g/mol. The molecule has 1 atom stereocenters. The molecule has 17 heavy (non-hydrogen) atoms. The fraction of sp³-hybridized carbons (Fsp3) is 0.538. The highest BCUT2D eigenvalue weighted by Crippen LogP contribution is 2.26. The van der Waals surface area contributed by atoms with Crippen LogP contribution in [-0.2, 0) is 11.2 Å². The number of aromatic nitrogens is 1. The molecule has 1 aliphatic heterocycles. The lowest BCUT2D eigenvalue weighted by atomic mass is 9.98. The lowest BCUT2D eigenvalue weighted by Crippen LogP contribution is -2.21. The largest absolute Gasteiger partial charge is 0.496 e. The van der Waals surface area contributed by atoms with Gasteiger partial charge in [-0.05, 0) is 20.3 Å². The van der Waals surface area contributed by atoms with Crippen molar-refractivity contribution < 1.29 is 9.53 Å². The van der Waals surface area contributed by atoms with Crippen molar-refractivity contribution in [2.45, 2.75) is 26.7 Å². The van der Waals surface area contributed by atoms with Gasteiger partial charge in [0.1, 0.15) is 5.75 Å². The molecule has 2 rings (SSSR count). The van der Waals surface area contributed by atoms with Crippen molar-refractivity contribution >= 4 is 5.91 Å². The van der Waals surface area contributed by atoms with Crippen LogP contribution in [0.25, 0.3) is 0 Å². The molecule has 1 fully saturated rings. The van der Waals surface area contributed by atoms with E-state index in [1.807, 2.05) is 20.0 Å². The van der Waals surface area contributed by atoms with Gasteiger partial charge in [0.25, 0.3) is 0 Å². The predicted molar refractivity (Wildman–Crippen MR) is 65.1 cm³/mol. The zero-order chi connectivity index (χ0) is 12.4. The number of rotatable bonds is 3. The van der Waals surface area contributed by atoms with Gasteiger partial charge >= 0.3 is 0 Å². The van der Waals surface area contributed by atoms with Gasteiger partial charge in [0.05, 0.1) is 7.11 Å². The Morgan fingerprint density at radius 1 is 1.53 bits per heavy atom. The van der Waals surface area contributed by atoms with Gasteiger partial charge < -0.3 is 10.1 Å². The maximum atomic E-state index is 11.5. The zero-order valence-electron chi connectivity index (χ0n) is 10.5. The van der Waals surface area contributed by atoms with Gasteiger partial charge in [0, 0.05) is 41.9 Å². The summed E-state index contributed by atoms with van der Waals surface area (Å²) in [5.41, 5.74) is 3.05. The van der Waals surface area contributed by atoms with Crippen LogP contribution in [0.1, 0.15) is 23.2 Å². The van der Waals surface area contributed by atoms with E-state index in [9.17, 15) is 4.79 Å². The number of nitrogens with zero attached hydrogens (tertiary/aromatic N) is 1. The Hall–Kier alpha value is -1.58. The lowest BCUT2D eigenvalue weighted by molar-refractivity contribution is -0.122. The van der Waals surface area contributed by atoms with Crippen molar-refractivity contribution in [3.05, 3.63) is 23.0 Å². The van der Waals surface area contributed by atoms with Crippen LogP contribution in [0.3, 0.4) is 0 Å². The van der Waals surface area contributed by atoms with Crippen molar-refractivity contribution in [1.29, 1.82) is 0 Å². The van der Waals surface area contributed by atoms with Crippen LogP contribution >= 0.6 is 0 Å². The fourth-order valence-electron chi connectivity index (χ4n) is 2.35. The Labute approximate surface area is 101 Å². The molecule has 1 aliphatic rings. The minimum Gasteiger partial charge on any atom is -0.496 e. The first-order valence-corrected chi connectivity index (χ1v) is 5.90. The maximum Gasteiger partial charge on any atom is 0.223 e. The molecule has 1 aromatic rings. The van der Waals surface area contributed by atoms with Gasteiger partial charge in [-0.3, -0.25) is 9.78 Å². The van der Waals surface area contributed by atoms with Crippen molar-refractivity contribution in [2.75, 3.05) is 13.7 Å². The second kappa shape index (κ2) is 4.73. The molecular formula is C13H18N2O2. The minimum absolute atomic E-state index is 0.0635. The summed E-state index contributed by atoms with van der Waals surface area (Å²) >= 11 is 0. The van der Waals surface area contributed by atoms with E-state index in [2.05, 4.69) is 10.3 Å². The van der Waals surface area contributed by atoms with E-state index in [-0.39, 0.29) is 11.8 Å². The molecule has 0 spiro atoms. The number of carbonyl (C=O) groups is 1. The van der Waals surface area contributed by atoms with Crippen LogP contribution < -0.4 is 10.1 Å². The Morgan fingerprint density at radius 3 is 2.88 bits per heavy atom. The van der Waals surface area contributed by atoms with E-state index in [1.54, 1.807) is 7.11 Å². The van der Waals surface area contributed by atoms with Gasteiger partial charge in [-0.15, -0.1) is 0 Å². The molecule has 1 amide bonds. The van der Waals surface area contributed by atoms with E-state index in [0.717, 1.165) is 35.5 Å². The molecule has 0 radical (unpaired) electrons. The molecule has 1 saturated heterocycles. The molecule has 0 bridgehead atoms. The summed E-state index contributed by atoms with van der Waals surface area (Å²) in [6, 6.07) is 0. The minimum atomic E-state index is 0.0635. The van der Waals surface area contributed by atoms with Crippen LogP contribution in [-0.4, -0.2) is 24.5 Å². The average Bonchev–Trinajstić information content (AvgIpc) is 2.69. The fourth-order valence-corrected chi connectivity index (χ4v) is 2.35. The standard InChI is InChI=1S/C13H18N2O2/c1-8-7-15-11(9(2)12(8)17-3)6-10-4-5-14-13(10)16/h7,10H,4-6H2,1-3H3,(H,14,16). The van der Waals surface area contributed by atoms with Crippen LogP contribution in [0.15, 0.2) is 6.20 Å². The quantitative estimate of drug-likeness (QED) is 0.859. The molecule has 92 valence electrons. The molecule has 1 aromatic heterocycles. The summed E-state index contributed by atoms with van der Waals surface area (Å²) in [4.78, 5) is 16.0. The Bertz CT molecular complexity index is 443. The van der Waals surface area contributed by atoms with Crippen LogP contribution in [0.2, 0.25) is 0 Å². The zero-order valence-corrected chi connectivity index (χ0v) is 10.5. The smallest absolute Gasteiger partial charge is 0.223 e. The number of pyridine rings is 1. The van der Waals surface area contributed by atoms with Gasteiger partial charge in [0.15, 0.2) is 0 Å². The molecule has 0 saturated carbocycles. The summed E-state index contributed by atoms with van der Waals surface area (Å²) in [6.45, 7) is 4.76. The van der Waals surface area contributed by atoms with Crippen molar-refractivity contribution in [3.8, 4) is 5.75 Å². The number of hydrogen-bond acceptors (Lipinski definition) is 3. The van der Waals surface area contributed by atoms with Crippen molar-refractivity contribution in [3.63, 3.8) is 0 Å². The van der Waals surface area contributed by atoms with Crippen molar-refractivity contribution in [1.82, 2.24) is 10.3 Å². The SMILES string of the molecule is COc1c(C)cnc(CC2CCNC2=O)c1C. The van der Waals surface area contributed by atoms with E-state index >= 15 is 0 Å². The van der Waals surface area contributed by atoms with Crippen LogP contribution in [0, 0.1) is 19.8 Å². The number of aryl methyl sites for hydroxylation is 1. The Kier molecular flexibility index (Phi) is 3.31. The highest BCUT2D eigenvalue weighted by atomic mass is 16.5. The van der Waals surface area contributed by atoms with E-state index in [4.69, 9.17) is 4.74 Å². The molecule has 0 aliphatic carbocycles. The molecule has 1 N–H and O–H groups in total. The molecule has 4 heteroatoms. The summed E-state index contributed by atoms with van der Waals surface area (Å²) in [5, 5.41) is 2.85. The lowest BCUT2D eigenvalue weighted by Gasteiger charge is -2.13. The molecule has 4 nitrogen and oxygen atoms in total. The van der Waals surface area contributed by atoms with Gasteiger partial charge in [0.2, 0.25) is 5.91 Å². The number of carbonyl (C=O) groups excluding carboxylic acids is 1. The molecule has 2 heterocycles. The number of hydrogen-bond donors (Lipinski definition) is 1. The van der Waals surface area contributed by atoms with Crippen molar-refractivity contribution in [2.24, 2.45) is 5.92 Å². The van der Waals surface area contributed by atoms with E-state index in [0.29, 0.717) is 6.42 Å². The number of methoxy groups -OCH3 is 1. The summed E-state index contributed by atoms with van der Waals surface area (Å²) in [6.07, 6.45) is 3.42. The first kappa shape index (κ1) is 11.9. The second-order valence-corrected chi connectivity index (χ2v) is 4.53. The normalized spacial score (nSPS) is 19.2. The van der Waals surface area contributed by atoms with E-state index < -0.39 is 0 Å². The molecular weight excluding hydrogens is 216 g/mol. The first-order valence-electron chi connectivity index (χ1n) is 5.90. The highest BCUT2D eigenvalue weighted by Gasteiger charge is 2.25. The Balaban J connectivity index is 2.24. The monoisotopic (exact) mass is 234 g/mol.